The molecule has 0 bridgehead atoms. The number of hydrogen-bond acceptors (Lipinski definition) is 16. The molecule has 3 aromatic heterocycles. The first-order chi connectivity index (χ1) is 38.2. The predicted octanol–water partition coefficient (Wildman–Crippen LogP) is 11.6. The normalized spacial score (nSPS) is 13.7. The van der Waals surface area contributed by atoms with Crippen molar-refractivity contribution in [2.45, 2.75) is 98.7 Å². The van der Waals surface area contributed by atoms with Crippen molar-refractivity contribution in [1.29, 1.82) is 0 Å². The first-order valence-corrected chi connectivity index (χ1v) is 27.8. The van der Waals surface area contributed by atoms with Crippen molar-refractivity contribution in [3.05, 3.63) is 136 Å². The van der Waals surface area contributed by atoms with E-state index < -0.39 is 41.2 Å². The first kappa shape index (κ1) is 58.9. The van der Waals surface area contributed by atoms with Crippen LogP contribution in [0.4, 0.5) is 9.18 Å². The Morgan fingerprint density at radius 3 is 2.30 bits per heavy atom. The van der Waals surface area contributed by atoms with Crippen molar-refractivity contribution in [3.8, 4) is 50.3 Å². The van der Waals surface area contributed by atoms with Gasteiger partial charge in [-0.3, -0.25) is 9.69 Å². The van der Waals surface area contributed by atoms with Gasteiger partial charge in [0.05, 0.1) is 43.3 Å². The second-order valence-electron chi connectivity index (χ2n) is 21.6. The van der Waals surface area contributed by atoms with E-state index in [0.717, 1.165) is 31.1 Å². The molecule has 8 rings (SSSR count). The van der Waals surface area contributed by atoms with Gasteiger partial charge in [0.25, 0.3) is 0 Å². The number of carbonyl (C=O) groups excluding carboxylic acids is 3. The van der Waals surface area contributed by atoms with Gasteiger partial charge in [-0.1, -0.05) is 60.1 Å². The fourth-order valence-corrected chi connectivity index (χ4v) is 10.6. The van der Waals surface area contributed by atoms with E-state index in [1.807, 2.05) is 64.1 Å². The number of amides is 1. The highest BCUT2D eigenvalue weighted by molar-refractivity contribution is 7.22. The Morgan fingerprint density at radius 2 is 1.59 bits per heavy atom. The summed E-state index contributed by atoms with van der Waals surface area (Å²) in [5.41, 5.74) is 4.40. The van der Waals surface area contributed by atoms with Crippen LogP contribution in [0.25, 0.3) is 43.2 Å². The summed E-state index contributed by atoms with van der Waals surface area (Å²) in [6.07, 6.45) is 1.10. The zero-order chi connectivity index (χ0) is 57.3. The Bertz CT molecular complexity index is 3320. The second kappa shape index (κ2) is 25.9. The Labute approximate surface area is 476 Å². The maximum atomic E-state index is 14.6. The van der Waals surface area contributed by atoms with Gasteiger partial charge in [0.15, 0.2) is 5.82 Å². The highest BCUT2D eigenvalue weighted by atomic mass is 35.5. The summed E-state index contributed by atoms with van der Waals surface area (Å²) in [6.45, 7) is 19.6. The smallest absolute Gasteiger partial charge is 0.410 e. The van der Waals surface area contributed by atoms with Crippen LogP contribution in [0.5, 0.6) is 17.4 Å². The molecular formula is C61H69ClFN7O9S. The molecule has 1 amide bonds. The lowest BCUT2D eigenvalue weighted by Gasteiger charge is -2.34. The molecular weight excluding hydrogens is 1060 g/mol. The van der Waals surface area contributed by atoms with Crippen LogP contribution in [0.2, 0.25) is 5.02 Å². The van der Waals surface area contributed by atoms with Crippen LogP contribution in [0.3, 0.4) is 0 Å². The molecule has 4 aromatic carbocycles. The molecule has 1 aliphatic rings. The molecule has 1 atom stereocenters. The number of hydrogen-bond donors (Lipinski definition) is 0. The number of esters is 2. The topological polar surface area (TPSA) is 168 Å². The number of carbonyl (C=O) groups is 3. The molecule has 80 heavy (non-hydrogen) atoms. The van der Waals surface area contributed by atoms with Gasteiger partial charge in [-0.05, 0) is 132 Å². The number of ether oxygens (including phenoxy) is 6. The van der Waals surface area contributed by atoms with Crippen molar-refractivity contribution in [3.63, 3.8) is 0 Å². The molecule has 19 heteroatoms. The van der Waals surface area contributed by atoms with E-state index in [4.69, 9.17) is 50.0 Å². The van der Waals surface area contributed by atoms with E-state index >= 15 is 0 Å². The van der Waals surface area contributed by atoms with E-state index in [0.29, 0.717) is 95.9 Å². The summed E-state index contributed by atoms with van der Waals surface area (Å²) in [7, 11) is 3.69. The van der Waals surface area contributed by atoms with Crippen LogP contribution < -0.4 is 14.2 Å². The van der Waals surface area contributed by atoms with E-state index in [1.165, 1.54) is 29.8 Å². The maximum absolute atomic E-state index is 14.6. The molecule has 4 heterocycles. The first-order valence-electron chi connectivity index (χ1n) is 26.6. The summed E-state index contributed by atoms with van der Waals surface area (Å²) in [6, 6.07) is 24.5. The van der Waals surface area contributed by atoms with Gasteiger partial charge >= 0.3 is 18.0 Å². The number of fused-ring (bicyclic) bond motifs is 1. The minimum absolute atomic E-state index is 0.0152. The number of thiophene rings is 1. The SMILES string of the molecule is CCOC(=O)[C@@H](Cc1cc(CC(=O)OC(C)(C)C)ccc1OCc1ccnc(-c2ccccc2OC)n1)Oc1ncnc2sc(-c3ccc(F)cc3)c(-c3ccc(CN(CCN4CCN(C)CC4)C(=O)OC(C)(C)C)c(Cl)c3C)c12. The minimum atomic E-state index is -1.32. The molecule has 16 nitrogen and oxygen atoms in total. The third-order valence-corrected chi connectivity index (χ3v) is 14.8. The van der Waals surface area contributed by atoms with E-state index in [1.54, 1.807) is 82.3 Å². The van der Waals surface area contributed by atoms with E-state index in [9.17, 15) is 18.8 Å². The number of likely N-dealkylation sites (N-methyl/N-ethyl adjacent to an activating group) is 1. The van der Waals surface area contributed by atoms with Crippen molar-refractivity contribution in [1.82, 2.24) is 34.6 Å². The zero-order valence-electron chi connectivity index (χ0n) is 47.1. The fraction of sp³-hybridized carbons (Fsp3) is 0.393. The van der Waals surface area contributed by atoms with Gasteiger partial charge in [0.1, 0.15) is 46.3 Å². The number of aromatic nitrogens is 4. The third-order valence-electron chi connectivity index (χ3n) is 13.1. The molecule has 0 unspecified atom stereocenters. The van der Waals surface area contributed by atoms with Crippen molar-refractivity contribution in [2.24, 2.45) is 0 Å². The highest BCUT2D eigenvalue weighted by Gasteiger charge is 2.31. The van der Waals surface area contributed by atoms with Crippen LogP contribution in [0.15, 0.2) is 97.5 Å². The quantitative estimate of drug-likeness (QED) is 0.0522. The summed E-state index contributed by atoms with van der Waals surface area (Å²) >= 11 is 8.76. The zero-order valence-corrected chi connectivity index (χ0v) is 48.6. The summed E-state index contributed by atoms with van der Waals surface area (Å²) < 4.78 is 50.8. The lowest BCUT2D eigenvalue weighted by atomic mass is 9.94. The molecule has 422 valence electrons. The average Bonchev–Trinajstić information content (AvgIpc) is 3.80. The van der Waals surface area contributed by atoms with Crippen LogP contribution in [0, 0.1) is 12.7 Å². The predicted molar refractivity (Wildman–Crippen MR) is 308 cm³/mol. The van der Waals surface area contributed by atoms with Crippen LogP contribution in [-0.4, -0.2) is 130 Å². The summed E-state index contributed by atoms with van der Waals surface area (Å²) in [5, 5.41) is 0.908. The van der Waals surface area contributed by atoms with Gasteiger partial charge in [-0.15, -0.1) is 11.3 Å². The Hall–Kier alpha value is -7.25. The number of methoxy groups -OCH3 is 1. The largest absolute Gasteiger partial charge is 0.496 e. The highest BCUT2D eigenvalue weighted by Crippen LogP contribution is 2.49. The van der Waals surface area contributed by atoms with Gasteiger partial charge in [0, 0.05) is 67.3 Å². The van der Waals surface area contributed by atoms with Gasteiger partial charge in [-0.2, -0.15) is 0 Å². The second-order valence-corrected chi connectivity index (χ2v) is 22.9. The average molecular weight is 1130 g/mol. The lowest BCUT2D eigenvalue weighted by Crippen LogP contribution is -2.48. The van der Waals surface area contributed by atoms with Gasteiger partial charge in [0.2, 0.25) is 12.0 Å². The third kappa shape index (κ3) is 15.1. The number of nitrogens with zero attached hydrogens (tertiary/aromatic N) is 7. The molecule has 0 radical (unpaired) electrons. The lowest BCUT2D eigenvalue weighted by molar-refractivity contribution is -0.154. The van der Waals surface area contributed by atoms with E-state index in [-0.39, 0.29) is 38.5 Å². The standard InChI is InChI=1S/C61H69ClFN7O9S/c1-11-75-58(72)49(34-42-32-39(33-50(71)78-60(3,4)5)16-23-47(42)76-36-44-24-25-64-55(67-44)46-14-12-13-15-48(46)74-10)77-56-52-51(54(80-57(52)66-37-65-56)40-17-20-43(63)21-18-40)45-22-19-41(53(62)38(45)2)35-70(59(73)79-61(6,7)8)31-30-69-28-26-68(9)27-29-69/h12-25,32,37,49H,11,26-31,33-36H2,1-10H3/t49-/m1/s1. The number of para-hydroxylation sites is 1. The van der Waals surface area contributed by atoms with Crippen LogP contribution in [0.1, 0.15) is 76.4 Å². The summed E-state index contributed by atoms with van der Waals surface area (Å²) in [5.74, 6) is 0.0106. The fourth-order valence-electron chi connectivity index (χ4n) is 9.21. The van der Waals surface area contributed by atoms with E-state index in [2.05, 4.69) is 26.8 Å². The van der Waals surface area contributed by atoms with Crippen molar-refractivity contribution in [2.75, 3.05) is 60.0 Å². The minimum Gasteiger partial charge on any atom is -0.496 e. The summed E-state index contributed by atoms with van der Waals surface area (Å²) in [4.78, 5) is 67.6. The number of benzene rings is 4. The van der Waals surface area contributed by atoms with Crippen LogP contribution >= 0.6 is 22.9 Å². The molecule has 7 aromatic rings. The Balaban J connectivity index is 1.17. The molecule has 0 aliphatic carbocycles. The molecule has 1 saturated heterocycles. The number of halogens is 2. The Kier molecular flexibility index (Phi) is 19.1. The monoisotopic (exact) mass is 1130 g/mol. The van der Waals surface area contributed by atoms with Crippen molar-refractivity contribution < 1.29 is 47.2 Å². The Morgan fingerprint density at radius 1 is 0.850 bits per heavy atom. The molecule has 1 aliphatic heterocycles. The van der Waals surface area contributed by atoms with Gasteiger partial charge < -0.3 is 38.2 Å². The molecule has 0 N–H and O–H groups in total. The molecule has 0 saturated carbocycles. The molecule has 0 spiro atoms. The van der Waals surface area contributed by atoms with Crippen molar-refractivity contribution >= 4 is 51.2 Å². The van der Waals surface area contributed by atoms with Gasteiger partial charge in [-0.25, -0.2) is 33.9 Å². The maximum Gasteiger partial charge on any atom is 0.410 e. The number of rotatable bonds is 20. The number of piperazine rings is 1. The van der Waals surface area contributed by atoms with Crippen LogP contribution in [-0.2, 0) is 49.8 Å². The molecule has 1 fully saturated rings.